The predicted octanol–water partition coefficient (Wildman–Crippen LogP) is 6.29. The van der Waals surface area contributed by atoms with Gasteiger partial charge in [0.1, 0.15) is 0 Å². The van der Waals surface area contributed by atoms with E-state index in [9.17, 15) is 4.79 Å². The van der Waals surface area contributed by atoms with Gasteiger partial charge in [0, 0.05) is 20.7 Å². The number of hydrazone groups is 1. The standard InChI is InChI=1S/C25H21BrClN5OS/c1-16-3-5-19(6-4-16)24-30-31-25(32(24)22-13-11-21(27)12-14-22)34-15-23(33)29-28-17(2)18-7-9-20(26)10-8-18/h3-14H,15H2,1-2H3,(H,29,33)/b28-17+. The van der Waals surface area contributed by atoms with Crippen LogP contribution >= 0.6 is 39.3 Å². The lowest BCUT2D eigenvalue weighted by atomic mass is 10.1. The van der Waals surface area contributed by atoms with Crippen LogP contribution in [0.4, 0.5) is 0 Å². The summed E-state index contributed by atoms with van der Waals surface area (Å²) in [6.45, 7) is 3.89. The van der Waals surface area contributed by atoms with E-state index in [4.69, 9.17) is 11.6 Å². The van der Waals surface area contributed by atoms with Gasteiger partial charge in [-0.1, -0.05) is 81.3 Å². The van der Waals surface area contributed by atoms with Crippen LogP contribution in [0.3, 0.4) is 0 Å². The fraction of sp³-hybridized carbons (Fsp3) is 0.120. The Morgan fingerprint density at radius 3 is 2.38 bits per heavy atom. The molecule has 0 saturated heterocycles. The lowest BCUT2D eigenvalue weighted by Crippen LogP contribution is -2.21. The number of hydrogen-bond acceptors (Lipinski definition) is 5. The third-order valence-corrected chi connectivity index (χ3v) is 6.68. The molecule has 1 aromatic heterocycles. The van der Waals surface area contributed by atoms with Crippen molar-refractivity contribution in [3.63, 3.8) is 0 Å². The Balaban J connectivity index is 1.52. The minimum Gasteiger partial charge on any atom is -0.272 e. The number of halogens is 2. The van der Waals surface area contributed by atoms with Crippen LogP contribution in [0.5, 0.6) is 0 Å². The fourth-order valence-electron chi connectivity index (χ4n) is 3.14. The third kappa shape index (κ3) is 5.94. The van der Waals surface area contributed by atoms with Crippen molar-refractivity contribution in [2.45, 2.75) is 19.0 Å². The number of nitrogens with zero attached hydrogens (tertiary/aromatic N) is 4. The molecule has 4 rings (SSSR count). The van der Waals surface area contributed by atoms with Gasteiger partial charge >= 0.3 is 0 Å². The van der Waals surface area contributed by atoms with Gasteiger partial charge in [-0.05, 0) is 55.8 Å². The Morgan fingerprint density at radius 1 is 1.03 bits per heavy atom. The number of nitrogens with one attached hydrogen (secondary N) is 1. The van der Waals surface area contributed by atoms with E-state index >= 15 is 0 Å². The number of hydrogen-bond donors (Lipinski definition) is 1. The van der Waals surface area contributed by atoms with Crippen molar-refractivity contribution in [1.29, 1.82) is 0 Å². The van der Waals surface area contributed by atoms with E-state index in [0.717, 1.165) is 32.6 Å². The molecule has 0 unspecified atom stereocenters. The fourth-order valence-corrected chi connectivity index (χ4v) is 4.27. The van der Waals surface area contributed by atoms with Crippen molar-refractivity contribution in [2.24, 2.45) is 5.10 Å². The molecule has 1 amide bonds. The zero-order valence-corrected chi connectivity index (χ0v) is 21.7. The monoisotopic (exact) mass is 553 g/mol. The van der Waals surface area contributed by atoms with E-state index in [-0.39, 0.29) is 11.7 Å². The number of carbonyl (C=O) groups is 1. The van der Waals surface area contributed by atoms with Crippen LogP contribution in [0, 0.1) is 6.92 Å². The van der Waals surface area contributed by atoms with Gasteiger partial charge in [-0.3, -0.25) is 9.36 Å². The van der Waals surface area contributed by atoms with E-state index in [0.29, 0.717) is 16.0 Å². The van der Waals surface area contributed by atoms with Crippen molar-refractivity contribution in [3.05, 3.63) is 93.4 Å². The Kier molecular flexibility index (Phi) is 7.82. The average molecular weight is 555 g/mol. The first kappa shape index (κ1) is 24.2. The molecule has 9 heteroatoms. The van der Waals surface area contributed by atoms with E-state index in [1.54, 1.807) is 0 Å². The zero-order chi connectivity index (χ0) is 24.1. The second kappa shape index (κ2) is 11.0. The molecule has 0 aliphatic carbocycles. The summed E-state index contributed by atoms with van der Waals surface area (Å²) in [5, 5.41) is 14.2. The number of rotatable bonds is 7. The topological polar surface area (TPSA) is 72.2 Å². The van der Waals surface area contributed by atoms with Crippen LogP contribution in [0.15, 0.2) is 87.5 Å². The molecule has 4 aromatic rings. The lowest BCUT2D eigenvalue weighted by molar-refractivity contribution is -0.118. The molecule has 0 saturated carbocycles. The molecule has 0 atom stereocenters. The van der Waals surface area contributed by atoms with Gasteiger partial charge in [0.2, 0.25) is 0 Å². The van der Waals surface area contributed by atoms with Gasteiger partial charge in [-0.15, -0.1) is 10.2 Å². The highest BCUT2D eigenvalue weighted by molar-refractivity contribution is 9.10. The summed E-state index contributed by atoms with van der Waals surface area (Å²) in [7, 11) is 0. The summed E-state index contributed by atoms with van der Waals surface area (Å²) < 4.78 is 2.91. The molecule has 0 aliphatic heterocycles. The summed E-state index contributed by atoms with van der Waals surface area (Å²) in [6.07, 6.45) is 0. The number of thioether (sulfide) groups is 1. The van der Waals surface area contributed by atoms with Crippen LogP contribution in [0.25, 0.3) is 17.1 Å². The van der Waals surface area contributed by atoms with Gasteiger partial charge < -0.3 is 0 Å². The summed E-state index contributed by atoms with van der Waals surface area (Å²) in [4.78, 5) is 12.5. The molecule has 0 aliphatic rings. The number of benzene rings is 3. The lowest BCUT2D eigenvalue weighted by Gasteiger charge is -2.10. The predicted molar refractivity (Wildman–Crippen MR) is 142 cm³/mol. The molecule has 0 spiro atoms. The maximum Gasteiger partial charge on any atom is 0.250 e. The number of aromatic nitrogens is 3. The first-order valence-electron chi connectivity index (χ1n) is 10.4. The zero-order valence-electron chi connectivity index (χ0n) is 18.5. The maximum absolute atomic E-state index is 12.5. The van der Waals surface area contributed by atoms with Crippen LogP contribution in [-0.2, 0) is 4.79 Å². The Bertz CT molecular complexity index is 1320. The molecule has 0 fully saturated rings. The summed E-state index contributed by atoms with van der Waals surface area (Å²) >= 11 is 10.8. The van der Waals surface area contributed by atoms with Crippen LogP contribution in [-0.4, -0.2) is 32.1 Å². The maximum atomic E-state index is 12.5. The minimum atomic E-state index is -0.232. The number of aryl methyl sites for hydroxylation is 1. The highest BCUT2D eigenvalue weighted by atomic mass is 79.9. The molecule has 172 valence electrons. The number of amides is 1. The van der Waals surface area contributed by atoms with Crippen LogP contribution < -0.4 is 5.43 Å². The normalized spacial score (nSPS) is 11.5. The quantitative estimate of drug-likeness (QED) is 0.166. The van der Waals surface area contributed by atoms with Gasteiger partial charge in [0.05, 0.1) is 11.5 Å². The molecule has 0 radical (unpaired) electrons. The van der Waals surface area contributed by atoms with E-state index in [1.807, 2.05) is 91.2 Å². The van der Waals surface area contributed by atoms with Crippen LogP contribution in [0.1, 0.15) is 18.1 Å². The van der Waals surface area contributed by atoms with Crippen molar-refractivity contribution in [2.75, 3.05) is 5.75 Å². The SMILES string of the molecule is C/C(=N\NC(=O)CSc1nnc(-c2ccc(C)cc2)n1-c1ccc(Cl)cc1)c1ccc(Br)cc1. The summed E-state index contributed by atoms with van der Waals surface area (Å²) in [5.74, 6) is 0.592. The van der Waals surface area contributed by atoms with Gasteiger partial charge in [-0.2, -0.15) is 5.10 Å². The molecule has 1 N–H and O–H groups in total. The second-order valence-corrected chi connectivity index (χ2v) is 9.81. The largest absolute Gasteiger partial charge is 0.272 e. The molecule has 1 heterocycles. The summed E-state index contributed by atoms with van der Waals surface area (Å²) in [5.41, 5.74) is 7.22. The first-order chi connectivity index (χ1) is 16.4. The first-order valence-corrected chi connectivity index (χ1v) is 12.6. The highest BCUT2D eigenvalue weighted by Gasteiger charge is 2.17. The van der Waals surface area contributed by atoms with E-state index < -0.39 is 0 Å². The van der Waals surface area contributed by atoms with E-state index in [2.05, 4.69) is 36.7 Å². The minimum absolute atomic E-state index is 0.136. The average Bonchev–Trinajstić information content (AvgIpc) is 3.26. The van der Waals surface area contributed by atoms with Crippen LogP contribution in [0.2, 0.25) is 5.02 Å². The van der Waals surface area contributed by atoms with Crippen molar-refractivity contribution in [3.8, 4) is 17.1 Å². The molecule has 3 aromatic carbocycles. The third-order valence-electron chi connectivity index (χ3n) is 4.97. The number of carbonyl (C=O) groups excluding carboxylic acids is 1. The van der Waals surface area contributed by atoms with Crippen molar-refractivity contribution >= 4 is 50.9 Å². The molecular weight excluding hydrogens is 534 g/mol. The van der Waals surface area contributed by atoms with E-state index in [1.165, 1.54) is 11.8 Å². The van der Waals surface area contributed by atoms with Gasteiger partial charge in [0.15, 0.2) is 11.0 Å². The smallest absolute Gasteiger partial charge is 0.250 e. The Labute approximate surface area is 215 Å². The molecule has 34 heavy (non-hydrogen) atoms. The van der Waals surface area contributed by atoms with Gasteiger partial charge in [0.25, 0.3) is 5.91 Å². The molecule has 6 nitrogen and oxygen atoms in total. The Morgan fingerprint density at radius 2 is 1.71 bits per heavy atom. The highest BCUT2D eigenvalue weighted by Crippen LogP contribution is 2.28. The Hall–Kier alpha value is -2.94. The molecular formula is C25H21BrClN5OS. The summed E-state index contributed by atoms with van der Waals surface area (Å²) in [6, 6.07) is 23.2. The van der Waals surface area contributed by atoms with Crippen molar-refractivity contribution in [1.82, 2.24) is 20.2 Å². The second-order valence-electron chi connectivity index (χ2n) is 7.51. The van der Waals surface area contributed by atoms with Gasteiger partial charge in [-0.25, -0.2) is 5.43 Å². The van der Waals surface area contributed by atoms with Crippen molar-refractivity contribution < 1.29 is 4.79 Å². The molecule has 0 bridgehead atoms.